The van der Waals surface area contributed by atoms with Crippen molar-refractivity contribution in [1.82, 2.24) is 19.8 Å². The molecule has 5 aliphatic rings. The third kappa shape index (κ3) is 14.8. The fraction of sp³-hybridized carbons (Fsp3) is 0.415. The van der Waals surface area contributed by atoms with Gasteiger partial charge in [-0.05, 0) is 160 Å². The number of anilines is 2. The molecule has 0 N–H and O–H groups in total. The van der Waals surface area contributed by atoms with Crippen molar-refractivity contribution in [1.29, 1.82) is 0 Å². The van der Waals surface area contributed by atoms with Gasteiger partial charge in [0.05, 0.1) is 85.6 Å². The van der Waals surface area contributed by atoms with E-state index in [1.54, 1.807) is 37.3 Å². The van der Waals surface area contributed by atoms with Crippen LogP contribution in [0.25, 0.3) is 22.3 Å². The van der Waals surface area contributed by atoms with Crippen LogP contribution >= 0.6 is 11.6 Å². The number of aryl methyl sites for hydroxylation is 1. The van der Waals surface area contributed by atoms with E-state index in [9.17, 15) is 71.9 Å². The summed E-state index contributed by atoms with van der Waals surface area (Å²) in [6.45, 7) is 7.82. The molecule has 4 aromatic carbocycles. The van der Waals surface area contributed by atoms with E-state index in [0.29, 0.717) is 93.2 Å². The van der Waals surface area contributed by atoms with Crippen molar-refractivity contribution in [2.45, 2.75) is 121 Å². The second-order valence-electron chi connectivity index (χ2n) is 23.1. The summed E-state index contributed by atoms with van der Waals surface area (Å²) < 4.78 is 189. The molecule has 28 heteroatoms. The first-order chi connectivity index (χ1) is 43.8. The van der Waals surface area contributed by atoms with Gasteiger partial charge in [0.1, 0.15) is 29.6 Å². The molecule has 6 heterocycles. The van der Waals surface area contributed by atoms with Gasteiger partial charge in [-0.1, -0.05) is 23.7 Å². The van der Waals surface area contributed by atoms with E-state index in [2.05, 4.69) is 0 Å². The highest BCUT2D eigenvalue weighted by Gasteiger charge is 2.48. The number of esters is 2. The van der Waals surface area contributed by atoms with E-state index in [1.807, 2.05) is 40.1 Å². The Morgan fingerprint density at radius 2 is 1.04 bits per heavy atom. The summed E-state index contributed by atoms with van der Waals surface area (Å²) in [7, 11) is 2.80. The summed E-state index contributed by atoms with van der Waals surface area (Å²) in [6, 6.07) is 18.6. The second kappa shape index (κ2) is 26.5. The fourth-order valence-electron chi connectivity index (χ4n) is 11.6. The normalized spacial score (nSPS) is 20.5. The maximum Gasteiger partial charge on any atom is 0.416 e. The Morgan fingerprint density at radius 3 is 1.45 bits per heavy atom. The Morgan fingerprint density at radius 1 is 0.581 bits per heavy atom. The summed E-state index contributed by atoms with van der Waals surface area (Å²) in [5, 5.41) is 0.370. The van der Waals surface area contributed by atoms with E-state index in [4.69, 9.17) is 45.3 Å². The van der Waals surface area contributed by atoms with Crippen LogP contribution in [-0.4, -0.2) is 103 Å². The number of pyridine rings is 2. The van der Waals surface area contributed by atoms with Crippen molar-refractivity contribution in [3.63, 3.8) is 0 Å². The standard InChI is InChI=1S/C34H33F6N3O5.C31H28ClF6N3O4/c1-4-47-31(44)26-16-24(26)19-6-8-28(46-3)25(14-19)23-7-9-29(42-10-5-11-42)41-27(23)17-43-18(2)30(48-32(43)45)20-12-21(33(35,36)37)15-22(13-20)34(38,39)40;1-17-28(19-13-20(30(33,34)35)15-21(14-19)31(36,37)38)45-29(43)41(17)16-25-22(6-8-26(39-25)40-10-3-11-40)23-12-18(4-7-24(23)32)5-9-27(42)44-2/h6-9,12-15,18,24,26,30H,4-5,10-11,16-17H2,1-3H3;4,6-8,12-15,17,28H,3,5,9-11,16H2,1-2H3/t18-,24+,26-,30-;17-,28-/m00/s1. The van der Waals surface area contributed by atoms with E-state index in [-0.39, 0.29) is 62.0 Å². The van der Waals surface area contributed by atoms with Crippen LogP contribution < -0.4 is 14.5 Å². The number of carbonyl (C=O) groups excluding carboxylic acids is 4. The molecular formula is C65H61ClF12N6O9. The largest absolute Gasteiger partial charge is 0.496 e. The molecule has 1 aliphatic carbocycles. The van der Waals surface area contributed by atoms with Gasteiger partial charge in [-0.3, -0.25) is 19.4 Å². The third-order valence-corrected chi connectivity index (χ3v) is 17.4. The zero-order valence-electron chi connectivity index (χ0n) is 50.5. The van der Waals surface area contributed by atoms with Gasteiger partial charge >= 0.3 is 48.8 Å². The number of carbonyl (C=O) groups is 4. The Labute approximate surface area is 530 Å². The molecule has 0 bridgehead atoms. The molecule has 15 nitrogen and oxygen atoms in total. The van der Waals surface area contributed by atoms with Crippen molar-refractivity contribution < 1.29 is 95.5 Å². The van der Waals surface area contributed by atoms with E-state index >= 15 is 0 Å². The first-order valence-corrected chi connectivity index (χ1v) is 30.0. The van der Waals surface area contributed by atoms with Gasteiger partial charge in [0, 0.05) is 59.9 Å². The van der Waals surface area contributed by atoms with Crippen molar-refractivity contribution in [2.24, 2.45) is 5.92 Å². The number of methoxy groups -OCH3 is 2. The second-order valence-corrected chi connectivity index (χ2v) is 23.5. The minimum atomic E-state index is -5.05. The van der Waals surface area contributed by atoms with Gasteiger partial charge in [-0.15, -0.1) is 0 Å². The van der Waals surface area contributed by atoms with E-state index < -0.39 is 94.6 Å². The molecule has 11 rings (SSSR count). The van der Waals surface area contributed by atoms with Gasteiger partial charge in [0.25, 0.3) is 0 Å². The number of rotatable bonds is 17. The maximum atomic E-state index is 13.6. The number of nitrogens with zero attached hydrogens (tertiary/aromatic N) is 6. The molecule has 2 aromatic heterocycles. The number of hydrogen-bond donors (Lipinski definition) is 0. The molecule has 2 amide bonds. The molecule has 4 aliphatic heterocycles. The SMILES string of the molecule is CCOC(=O)[C@H]1C[C@@H]1c1ccc(OC)c(-c2ccc(N3CCC3)nc2CN2C(=O)O[C@H](c3cc(C(F)(F)F)cc(C(F)(F)F)c3)[C@@H]2C)c1.COC(=O)CCc1ccc(Cl)c(-c2ccc(N3CCC3)nc2CN2C(=O)O[C@H](c3cc(C(F)(F)F)cc(C(F)(F)F)c3)[C@@H]2C)c1. The lowest BCUT2D eigenvalue weighted by atomic mass is 9.96. The highest BCUT2D eigenvalue weighted by atomic mass is 35.5. The lowest BCUT2D eigenvalue weighted by molar-refractivity contribution is -0.145. The van der Waals surface area contributed by atoms with Crippen LogP contribution in [0.5, 0.6) is 5.75 Å². The van der Waals surface area contributed by atoms with Crippen LogP contribution in [0.15, 0.2) is 97.1 Å². The molecule has 4 saturated heterocycles. The number of benzene rings is 4. The van der Waals surface area contributed by atoms with E-state index in [0.717, 1.165) is 50.1 Å². The summed E-state index contributed by atoms with van der Waals surface area (Å²) in [5.41, 5.74) is -1.94. The van der Waals surface area contributed by atoms with Crippen LogP contribution in [0.1, 0.15) is 120 Å². The van der Waals surface area contributed by atoms with Crippen molar-refractivity contribution in [2.75, 3.05) is 56.8 Å². The number of cyclic esters (lactones) is 2. The number of alkyl halides is 12. The van der Waals surface area contributed by atoms with Crippen LogP contribution in [0.2, 0.25) is 5.02 Å². The predicted molar refractivity (Wildman–Crippen MR) is 314 cm³/mol. The van der Waals surface area contributed by atoms with Crippen LogP contribution in [-0.2, 0) is 72.8 Å². The third-order valence-electron chi connectivity index (χ3n) is 17.1. The minimum absolute atomic E-state index is 0.0310. The van der Waals surface area contributed by atoms with Gasteiger partial charge in [-0.2, -0.15) is 52.7 Å². The fourth-order valence-corrected chi connectivity index (χ4v) is 11.8. The van der Waals surface area contributed by atoms with Crippen LogP contribution in [0, 0.1) is 5.92 Å². The van der Waals surface area contributed by atoms with Gasteiger partial charge < -0.3 is 33.5 Å². The Bertz CT molecular complexity index is 3760. The van der Waals surface area contributed by atoms with Crippen molar-refractivity contribution in [3.8, 4) is 28.0 Å². The molecule has 0 spiro atoms. The lowest BCUT2D eigenvalue weighted by Gasteiger charge is -2.33. The number of halogens is 13. The predicted octanol–water partition coefficient (Wildman–Crippen LogP) is 15.6. The van der Waals surface area contributed by atoms with Crippen LogP contribution in [0.3, 0.4) is 0 Å². The average molecular weight is 1330 g/mol. The monoisotopic (exact) mass is 1330 g/mol. The van der Waals surface area contributed by atoms with E-state index in [1.165, 1.54) is 37.9 Å². The molecule has 93 heavy (non-hydrogen) atoms. The summed E-state index contributed by atoms with van der Waals surface area (Å²) in [5.74, 6) is 0.849. The minimum Gasteiger partial charge on any atom is -0.496 e. The van der Waals surface area contributed by atoms with Gasteiger partial charge in [0.2, 0.25) is 0 Å². The molecule has 6 aromatic rings. The van der Waals surface area contributed by atoms with Gasteiger partial charge in [0.15, 0.2) is 0 Å². The highest BCUT2D eigenvalue weighted by Crippen LogP contribution is 2.51. The Hall–Kier alpha value is -8.49. The number of amides is 2. The topological polar surface area (TPSA) is 153 Å². The molecule has 0 unspecified atom stereocenters. The van der Waals surface area contributed by atoms with Crippen molar-refractivity contribution >= 4 is 47.4 Å². The average Bonchev–Trinajstić information content (AvgIpc) is 1.73. The van der Waals surface area contributed by atoms with Crippen LogP contribution in [0.4, 0.5) is 73.9 Å². The first-order valence-electron chi connectivity index (χ1n) is 29.6. The highest BCUT2D eigenvalue weighted by molar-refractivity contribution is 6.33. The zero-order valence-corrected chi connectivity index (χ0v) is 51.2. The first kappa shape index (κ1) is 67.4. The zero-order chi connectivity index (χ0) is 67.2. The Kier molecular flexibility index (Phi) is 19.2. The molecular weight excluding hydrogens is 1270 g/mol. The molecule has 496 valence electrons. The molecule has 1 saturated carbocycles. The summed E-state index contributed by atoms with van der Waals surface area (Å²) >= 11 is 6.60. The summed E-state index contributed by atoms with van der Waals surface area (Å²) in [4.78, 5) is 66.6. The molecule has 5 fully saturated rings. The summed E-state index contributed by atoms with van der Waals surface area (Å²) in [6.07, 6.45) is -21.8. The van der Waals surface area contributed by atoms with Crippen molar-refractivity contribution in [3.05, 3.63) is 158 Å². The maximum absolute atomic E-state index is 13.6. The quantitative estimate of drug-likeness (QED) is 0.0484. The number of aromatic nitrogens is 2. The molecule has 0 radical (unpaired) electrons. The molecule has 6 atom stereocenters. The van der Waals surface area contributed by atoms with Gasteiger partial charge in [-0.25, -0.2) is 19.6 Å². The number of hydrogen-bond acceptors (Lipinski definition) is 13. The Balaban J connectivity index is 0.000000204. The lowest BCUT2D eigenvalue weighted by Crippen LogP contribution is -2.38. The smallest absolute Gasteiger partial charge is 0.416 e. The number of ether oxygens (including phenoxy) is 5.